The van der Waals surface area contributed by atoms with Gasteiger partial charge in [0.15, 0.2) is 0 Å². The number of piperidine rings is 1. The van der Waals surface area contributed by atoms with Crippen LogP contribution in [0.4, 0.5) is 4.79 Å². The van der Waals surface area contributed by atoms with Crippen LogP contribution in [-0.4, -0.2) is 51.2 Å². The molecule has 118 valence electrons. The molecule has 21 heavy (non-hydrogen) atoms. The Morgan fingerprint density at radius 3 is 2.76 bits per heavy atom. The van der Waals surface area contributed by atoms with Crippen LogP contribution in [0.25, 0.3) is 0 Å². The van der Waals surface area contributed by atoms with Crippen molar-refractivity contribution in [1.82, 2.24) is 15.2 Å². The van der Waals surface area contributed by atoms with Crippen molar-refractivity contribution in [1.29, 1.82) is 0 Å². The number of carbonyl (C=O) groups is 1. The number of hydrogen-bond acceptors (Lipinski definition) is 6. The molecule has 2 rings (SSSR count). The molecule has 1 saturated heterocycles. The molecule has 2 unspecified atom stereocenters. The fourth-order valence-corrected chi connectivity index (χ4v) is 2.40. The maximum atomic E-state index is 12.1. The van der Waals surface area contributed by atoms with E-state index in [0.29, 0.717) is 25.9 Å². The molecule has 0 bridgehead atoms. The van der Waals surface area contributed by atoms with Gasteiger partial charge in [0.05, 0.1) is 6.10 Å². The molecule has 0 saturated carbocycles. The van der Waals surface area contributed by atoms with Gasteiger partial charge >= 0.3 is 6.09 Å². The van der Waals surface area contributed by atoms with Crippen molar-refractivity contribution in [3.63, 3.8) is 0 Å². The highest BCUT2D eigenvalue weighted by Crippen LogP contribution is 2.23. The third-order valence-electron chi connectivity index (χ3n) is 3.55. The zero-order valence-electron chi connectivity index (χ0n) is 13.0. The molecular weight excluding hydrogens is 274 g/mol. The van der Waals surface area contributed by atoms with Gasteiger partial charge in [0.1, 0.15) is 17.0 Å². The second kappa shape index (κ2) is 6.01. The van der Waals surface area contributed by atoms with E-state index in [2.05, 4.69) is 14.9 Å². The minimum atomic E-state index is -0.519. The number of hydrogen-bond donors (Lipinski definition) is 1. The number of aliphatic hydroxyl groups excluding tert-OH is 1. The lowest BCUT2D eigenvalue weighted by atomic mass is 9.90. The molecule has 1 fully saturated rings. The zero-order chi connectivity index (χ0) is 15.6. The first-order valence-corrected chi connectivity index (χ1v) is 7.20. The molecule has 7 heteroatoms. The number of nitrogens with zero attached hydrogens (tertiary/aromatic N) is 3. The van der Waals surface area contributed by atoms with Gasteiger partial charge in [0.2, 0.25) is 0 Å². The van der Waals surface area contributed by atoms with Crippen molar-refractivity contribution in [3.05, 3.63) is 11.4 Å². The summed E-state index contributed by atoms with van der Waals surface area (Å²) in [5, 5.41) is 17.7. The van der Waals surface area contributed by atoms with Crippen molar-refractivity contribution in [2.45, 2.75) is 52.2 Å². The quantitative estimate of drug-likeness (QED) is 0.890. The summed E-state index contributed by atoms with van der Waals surface area (Å²) in [7, 11) is 0. The highest BCUT2D eigenvalue weighted by atomic mass is 16.6. The SMILES string of the molecule is Cc1nonc1CC1CN(C(=O)OC(C)(C)C)CCC1O. The predicted octanol–water partition coefficient (Wildman–Crippen LogP) is 1.54. The summed E-state index contributed by atoms with van der Waals surface area (Å²) in [6.07, 6.45) is 0.276. The number of aryl methyl sites for hydroxylation is 1. The molecule has 0 aromatic carbocycles. The van der Waals surface area contributed by atoms with Crippen LogP contribution in [-0.2, 0) is 11.2 Å². The van der Waals surface area contributed by atoms with Crippen molar-refractivity contribution in [3.8, 4) is 0 Å². The minimum absolute atomic E-state index is 0.0862. The number of carbonyl (C=O) groups excluding carboxylic acids is 1. The molecule has 1 aromatic heterocycles. The molecule has 1 aliphatic heterocycles. The van der Waals surface area contributed by atoms with Gasteiger partial charge in [0, 0.05) is 25.4 Å². The summed E-state index contributed by atoms with van der Waals surface area (Å²) in [5.41, 5.74) is 0.927. The standard InChI is InChI=1S/C14H23N3O4/c1-9-11(16-21-15-9)7-10-8-17(6-5-12(10)18)13(19)20-14(2,3)4/h10,12,18H,5-8H2,1-4H3. The molecular formula is C14H23N3O4. The summed E-state index contributed by atoms with van der Waals surface area (Å²) >= 11 is 0. The first kappa shape index (κ1) is 15.8. The normalized spacial score (nSPS) is 23.2. The van der Waals surface area contributed by atoms with Crippen LogP contribution < -0.4 is 0 Å². The van der Waals surface area contributed by atoms with Crippen LogP contribution in [0.5, 0.6) is 0 Å². The second-order valence-electron chi connectivity index (χ2n) is 6.54. The fraction of sp³-hybridized carbons (Fsp3) is 0.786. The molecule has 2 atom stereocenters. The zero-order valence-corrected chi connectivity index (χ0v) is 13.0. The van der Waals surface area contributed by atoms with Crippen molar-refractivity contribution < 1.29 is 19.3 Å². The molecule has 1 aromatic rings. The third-order valence-corrected chi connectivity index (χ3v) is 3.55. The maximum absolute atomic E-state index is 12.1. The van der Waals surface area contributed by atoms with Crippen molar-refractivity contribution in [2.75, 3.05) is 13.1 Å². The topological polar surface area (TPSA) is 88.7 Å². The number of rotatable bonds is 2. The average Bonchev–Trinajstić information content (AvgIpc) is 2.75. The van der Waals surface area contributed by atoms with E-state index in [1.54, 1.807) is 4.90 Å². The Balaban J connectivity index is 1.99. The van der Waals surface area contributed by atoms with E-state index in [9.17, 15) is 9.90 Å². The lowest BCUT2D eigenvalue weighted by Gasteiger charge is -2.36. The lowest BCUT2D eigenvalue weighted by Crippen LogP contribution is -2.48. The van der Waals surface area contributed by atoms with E-state index in [-0.39, 0.29) is 12.0 Å². The van der Waals surface area contributed by atoms with E-state index in [0.717, 1.165) is 11.4 Å². The van der Waals surface area contributed by atoms with Gasteiger partial charge in [-0.1, -0.05) is 10.3 Å². The summed E-state index contributed by atoms with van der Waals surface area (Å²) in [4.78, 5) is 13.8. The van der Waals surface area contributed by atoms with Gasteiger partial charge in [-0.05, 0) is 34.1 Å². The number of aliphatic hydroxyl groups is 1. The molecule has 0 radical (unpaired) electrons. The Kier molecular flexibility index (Phi) is 4.51. The number of amides is 1. The monoisotopic (exact) mass is 297 g/mol. The molecule has 1 N–H and O–H groups in total. The summed E-state index contributed by atoms with van der Waals surface area (Å²) in [6.45, 7) is 8.28. The van der Waals surface area contributed by atoms with Crippen LogP contribution in [0.3, 0.4) is 0 Å². The van der Waals surface area contributed by atoms with Gasteiger partial charge in [-0.25, -0.2) is 9.42 Å². The molecule has 0 aliphatic carbocycles. The van der Waals surface area contributed by atoms with Crippen molar-refractivity contribution >= 4 is 6.09 Å². The van der Waals surface area contributed by atoms with Gasteiger partial charge in [-0.15, -0.1) is 0 Å². The molecule has 7 nitrogen and oxygen atoms in total. The summed E-state index contributed by atoms with van der Waals surface area (Å²) in [5.74, 6) is -0.0862. The second-order valence-corrected chi connectivity index (χ2v) is 6.54. The smallest absolute Gasteiger partial charge is 0.410 e. The summed E-state index contributed by atoms with van der Waals surface area (Å²) in [6, 6.07) is 0. The van der Waals surface area contributed by atoms with Crippen molar-refractivity contribution in [2.24, 2.45) is 5.92 Å². The maximum Gasteiger partial charge on any atom is 0.410 e. The predicted molar refractivity (Wildman–Crippen MR) is 74.7 cm³/mol. The van der Waals surface area contributed by atoms with E-state index in [1.807, 2.05) is 27.7 Å². The first-order chi connectivity index (χ1) is 9.76. The minimum Gasteiger partial charge on any atom is -0.444 e. The van der Waals surface area contributed by atoms with Gasteiger partial charge in [0.25, 0.3) is 0 Å². The summed E-state index contributed by atoms with van der Waals surface area (Å²) < 4.78 is 10.1. The average molecular weight is 297 g/mol. The van der Waals surface area contributed by atoms with Crippen LogP contribution in [0.2, 0.25) is 0 Å². The third kappa shape index (κ3) is 4.17. The number of aromatic nitrogens is 2. The molecule has 2 heterocycles. The van der Waals surface area contributed by atoms with Gasteiger partial charge < -0.3 is 14.7 Å². The Morgan fingerprint density at radius 2 is 2.19 bits per heavy atom. The van der Waals surface area contributed by atoms with E-state index in [4.69, 9.17) is 4.74 Å². The highest BCUT2D eigenvalue weighted by molar-refractivity contribution is 5.68. The number of likely N-dealkylation sites (tertiary alicyclic amines) is 1. The Hall–Kier alpha value is -1.63. The first-order valence-electron chi connectivity index (χ1n) is 7.20. The Morgan fingerprint density at radius 1 is 1.48 bits per heavy atom. The molecule has 1 aliphatic rings. The van der Waals surface area contributed by atoms with E-state index >= 15 is 0 Å². The molecule has 0 spiro atoms. The van der Waals surface area contributed by atoms with Gasteiger partial charge in [-0.3, -0.25) is 0 Å². The molecule has 1 amide bonds. The van der Waals surface area contributed by atoms with Crippen LogP contribution in [0.1, 0.15) is 38.6 Å². The van der Waals surface area contributed by atoms with Crippen LogP contribution in [0, 0.1) is 12.8 Å². The van der Waals surface area contributed by atoms with E-state index < -0.39 is 11.7 Å². The van der Waals surface area contributed by atoms with Gasteiger partial charge in [-0.2, -0.15) is 0 Å². The number of ether oxygens (including phenoxy) is 1. The largest absolute Gasteiger partial charge is 0.444 e. The fourth-order valence-electron chi connectivity index (χ4n) is 2.40. The van der Waals surface area contributed by atoms with Crippen LogP contribution in [0.15, 0.2) is 4.63 Å². The van der Waals surface area contributed by atoms with Crippen LogP contribution >= 0.6 is 0 Å². The Bertz CT molecular complexity index is 495. The Labute approximate surface area is 124 Å². The lowest BCUT2D eigenvalue weighted by molar-refractivity contribution is -0.00852. The highest BCUT2D eigenvalue weighted by Gasteiger charge is 2.33. The van der Waals surface area contributed by atoms with E-state index in [1.165, 1.54) is 0 Å².